The lowest BCUT2D eigenvalue weighted by Gasteiger charge is -2.29. The van der Waals surface area contributed by atoms with Gasteiger partial charge >= 0.3 is 11.9 Å². The minimum absolute atomic E-state index is 0.234. The number of carbonyl (C=O) groups excluding carboxylic acids is 2. The number of esters is 2. The Hall–Kier alpha value is -8.36. The molecule has 4 aromatic carbocycles. The van der Waals surface area contributed by atoms with Crippen molar-refractivity contribution in [1.29, 1.82) is 0 Å². The normalized spacial score (nSPS) is 11.8. The van der Waals surface area contributed by atoms with Crippen LogP contribution in [0.25, 0.3) is 44.6 Å². The van der Waals surface area contributed by atoms with Crippen LogP contribution in [-0.4, -0.2) is 133 Å². The van der Waals surface area contributed by atoms with Crippen LogP contribution < -0.4 is 28.7 Å². The molecule has 8 aromatic rings. The highest BCUT2D eigenvalue weighted by Crippen LogP contribution is 2.37. The van der Waals surface area contributed by atoms with Gasteiger partial charge in [-0.25, -0.2) is 19.9 Å². The smallest absolute Gasteiger partial charge is 0.303 e. The molecule has 2 atom stereocenters. The predicted octanol–water partition coefficient (Wildman–Crippen LogP) is 7.53. The number of hydrogen-bond acceptors (Lipinski definition) is 18. The summed E-state index contributed by atoms with van der Waals surface area (Å²) in [5, 5.41) is 10.2. The molecule has 0 fully saturated rings. The number of methoxy groups -OCH3 is 6. The Labute approximate surface area is 416 Å². The Balaban J connectivity index is 0.000000211. The highest BCUT2D eigenvalue weighted by atomic mass is 16.6. The number of ether oxygens (including phenoxy) is 8. The monoisotopic (exact) mass is 982 g/mol. The van der Waals surface area contributed by atoms with Crippen molar-refractivity contribution in [3.63, 3.8) is 0 Å². The van der Waals surface area contributed by atoms with Gasteiger partial charge in [-0.2, -0.15) is 10.2 Å². The van der Waals surface area contributed by atoms with Gasteiger partial charge in [0.1, 0.15) is 35.2 Å². The molecule has 20 heteroatoms. The van der Waals surface area contributed by atoms with Gasteiger partial charge in [0.05, 0.1) is 89.3 Å². The van der Waals surface area contributed by atoms with Crippen molar-refractivity contribution in [2.45, 2.75) is 26.1 Å². The number of aromatic nitrogens is 8. The molecule has 4 heterocycles. The zero-order valence-corrected chi connectivity index (χ0v) is 41.9. The van der Waals surface area contributed by atoms with Crippen LogP contribution >= 0.6 is 0 Å². The lowest BCUT2D eigenvalue weighted by Crippen LogP contribution is -2.35. The van der Waals surface area contributed by atoms with Crippen LogP contribution in [0.3, 0.4) is 0 Å². The van der Waals surface area contributed by atoms with Crippen molar-refractivity contribution in [2.75, 3.05) is 78.8 Å². The number of nitrogens with zero attached hydrogens (tertiary/aromatic N) is 10. The standard InChI is InChI=1S/2C26H29N5O5/c2*1-17(32)36-24(16-33-3)15-31(21-8-22(34-4)11-23(9-21)35-5)20-7-6-18-12-27-26(29-25(18)10-20)19-13-28-30(2)14-19/h2*6-14,24H,15-16H2,1-5H3/t2*24-/m10/s1. The Morgan fingerprint density at radius 3 is 1.19 bits per heavy atom. The molecule has 0 amide bonds. The van der Waals surface area contributed by atoms with E-state index in [2.05, 4.69) is 20.2 Å². The van der Waals surface area contributed by atoms with Crippen LogP contribution in [0, 0.1) is 0 Å². The molecule has 0 N–H and O–H groups in total. The molecule has 0 bridgehead atoms. The fourth-order valence-corrected chi connectivity index (χ4v) is 7.82. The zero-order chi connectivity index (χ0) is 51.3. The van der Waals surface area contributed by atoms with Gasteiger partial charge < -0.3 is 47.7 Å². The lowest BCUT2D eigenvalue weighted by molar-refractivity contribution is -0.149. The Morgan fingerprint density at radius 2 is 0.889 bits per heavy atom. The Kier molecular flexibility index (Phi) is 17.1. The quantitative estimate of drug-likeness (QED) is 0.0678. The maximum absolute atomic E-state index is 11.8. The minimum atomic E-state index is -0.517. The third kappa shape index (κ3) is 13.1. The molecule has 0 aliphatic rings. The summed E-state index contributed by atoms with van der Waals surface area (Å²) in [5.74, 6) is 2.93. The van der Waals surface area contributed by atoms with E-state index in [-0.39, 0.29) is 25.2 Å². The van der Waals surface area contributed by atoms with Gasteiger partial charge in [-0.3, -0.25) is 19.0 Å². The first kappa shape index (κ1) is 51.5. The third-order valence-corrected chi connectivity index (χ3v) is 11.1. The second-order valence-electron chi connectivity index (χ2n) is 16.4. The van der Waals surface area contributed by atoms with Crippen molar-refractivity contribution in [3.8, 4) is 45.8 Å². The topological polar surface area (TPSA) is 202 Å². The van der Waals surface area contributed by atoms with Gasteiger partial charge in [0.2, 0.25) is 0 Å². The second-order valence-corrected chi connectivity index (χ2v) is 16.4. The van der Waals surface area contributed by atoms with E-state index in [4.69, 9.17) is 47.9 Å². The summed E-state index contributed by atoms with van der Waals surface area (Å²) >= 11 is 0. The van der Waals surface area contributed by atoms with Gasteiger partial charge in [0.15, 0.2) is 11.6 Å². The molecule has 0 aliphatic heterocycles. The summed E-state index contributed by atoms with van der Waals surface area (Å²) in [5.41, 5.74) is 6.43. The maximum Gasteiger partial charge on any atom is 0.303 e. The van der Waals surface area contributed by atoms with Crippen LogP contribution in [-0.2, 0) is 42.6 Å². The van der Waals surface area contributed by atoms with E-state index in [1.165, 1.54) is 13.8 Å². The zero-order valence-electron chi connectivity index (χ0n) is 41.9. The van der Waals surface area contributed by atoms with Crippen molar-refractivity contribution >= 4 is 56.5 Å². The molecule has 0 saturated heterocycles. The molecule has 0 radical (unpaired) electrons. The van der Waals surface area contributed by atoms with Gasteiger partial charge in [-0.05, 0) is 36.4 Å². The highest BCUT2D eigenvalue weighted by molar-refractivity contribution is 5.86. The fraction of sp³-hybridized carbons (Fsp3) is 0.308. The van der Waals surface area contributed by atoms with Crippen molar-refractivity contribution in [3.05, 3.63) is 110 Å². The molecule has 0 saturated carbocycles. The molecule has 0 unspecified atom stereocenters. The first-order chi connectivity index (χ1) is 34.8. The molecule has 4 aromatic heterocycles. The first-order valence-electron chi connectivity index (χ1n) is 22.6. The molecule has 376 valence electrons. The van der Waals surface area contributed by atoms with E-state index in [9.17, 15) is 9.59 Å². The number of anilines is 4. The number of benzene rings is 4. The number of aryl methyl sites for hydroxylation is 2. The summed E-state index contributed by atoms with van der Waals surface area (Å²) in [4.78, 5) is 46.1. The van der Waals surface area contributed by atoms with Crippen molar-refractivity contribution in [2.24, 2.45) is 14.1 Å². The molecular formula is C52H58N10O10. The summed E-state index contributed by atoms with van der Waals surface area (Å²) in [7, 11) is 13.2. The lowest BCUT2D eigenvalue weighted by atomic mass is 10.1. The van der Waals surface area contributed by atoms with E-state index in [1.807, 2.05) is 97.0 Å². The van der Waals surface area contributed by atoms with Gasteiger partial charge in [0.25, 0.3) is 0 Å². The van der Waals surface area contributed by atoms with E-state index in [0.29, 0.717) is 47.7 Å². The van der Waals surface area contributed by atoms with E-state index in [1.54, 1.807) is 88.9 Å². The molecular weight excluding hydrogens is 925 g/mol. The van der Waals surface area contributed by atoms with E-state index >= 15 is 0 Å². The summed E-state index contributed by atoms with van der Waals surface area (Å²) in [6, 6.07) is 23.0. The Morgan fingerprint density at radius 1 is 0.514 bits per heavy atom. The summed E-state index contributed by atoms with van der Waals surface area (Å²) in [6.45, 7) is 3.89. The summed E-state index contributed by atoms with van der Waals surface area (Å²) in [6.07, 6.45) is 9.75. The fourth-order valence-electron chi connectivity index (χ4n) is 7.82. The van der Waals surface area contributed by atoms with Crippen molar-refractivity contribution < 1.29 is 47.5 Å². The SMILES string of the molecule is COC[C@@H](CN(c1cc(OC)cc(OC)c1)c1ccc2cnc(-c3cnn(C)c3)nc2c1)OC(C)=O.COC[C@H](CN(c1cc(OC)cc(OC)c1)c1ccc2cnc(-c3cnn(C)c3)nc2c1)OC(C)=O. The molecule has 0 spiro atoms. The third-order valence-electron chi connectivity index (χ3n) is 11.1. The molecule has 0 aliphatic carbocycles. The number of fused-ring (bicyclic) bond motifs is 2. The molecule has 72 heavy (non-hydrogen) atoms. The number of rotatable bonds is 20. The van der Waals surface area contributed by atoms with Crippen LogP contribution in [0.5, 0.6) is 23.0 Å². The Bertz CT molecular complexity index is 2870. The van der Waals surface area contributed by atoms with Crippen LogP contribution in [0.1, 0.15) is 13.8 Å². The minimum Gasteiger partial charge on any atom is -0.497 e. The highest BCUT2D eigenvalue weighted by Gasteiger charge is 2.23. The second kappa shape index (κ2) is 24.0. The molecule has 20 nitrogen and oxygen atoms in total. The van der Waals surface area contributed by atoms with E-state index < -0.39 is 12.2 Å². The van der Waals surface area contributed by atoms with Crippen LogP contribution in [0.15, 0.2) is 110 Å². The number of carbonyl (C=O) groups is 2. The predicted molar refractivity (Wildman–Crippen MR) is 271 cm³/mol. The average Bonchev–Trinajstić information content (AvgIpc) is 4.03. The largest absolute Gasteiger partial charge is 0.497 e. The van der Waals surface area contributed by atoms with Gasteiger partial charge in [-0.15, -0.1) is 0 Å². The number of hydrogen-bond donors (Lipinski definition) is 0. The van der Waals surface area contributed by atoms with Gasteiger partial charge in [-0.1, -0.05) is 0 Å². The van der Waals surface area contributed by atoms with Crippen LogP contribution in [0.2, 0.25) is 0 Å². The molecule has 8 rings (SSSR count). The van der Waals surface area contributed by atoms with Crippen molar-refractivity contribution in [1.82, 2.24) is 39.5 Å². The van der Waals surface area contributed by atoms with Crippen LogP contribution in [0.4, 0.5) is 22.7 Å². The van der Waals surface area contributed by atoms with Gasteiger partial charge in [0, 0.05) is 137 Å². The van der Waals surface area contributed by atoms with E-state index in [0.717, 1.165) is 55.7 Å². The maximum atomic E-state index is 11.8. The average molecular weight is 983 g/mol. The summed E-state index contributed by atoms with van der Waals surface area (Å²) < 4.78 is 47.1. The first-order valence-corrected chi connectivity index (χ1v) is 22.6.